The van der Waals surface area contributed by atoms with Crippen molar-refractivity contribution in [3.05, 3.63) is 54.6 Å². The van der Waals surface area contributed by atoms with Crippen molar-refractivity contribution in [1.82, 2.24) is 0 Å². The third kappa shape index (κ3) is 4.56. The van der Waals surface area contributed by atoms with Crippen molar-refractivity contribution in [3.8, 4) is 5.75 Å². The Bertz CT molecular complexity index is 616. The van der Waals surface area contributed by atoms with E-state index in [4.69, 9.17) is 8.85 Å². The average molecular weight is 345 g/mol. The largest absolute Gasteiger partial charge is 0.497 e. The van der Waals surface area contributed by atoms with Gasteiger partial charge in [-0.15, -0.1) is 0 Å². The van der Waals surface area contributed by atoms with Crippen LogP contribution in [0, 0.1) is 0 Å². The van der Waals surface area contributed by atoms with Gasteiger partial charge in [0.1, 0.15) is 5.75 Å². The van der Waals surface area contributed by atoms with Crippen molar-refractivity contribution < 1.29 is 8.85 Å². The summed E-state index contributed by atoms with van der Waals surface area (Å²) >= 11 is 0. The van der Waals surface area contributed by atoms with Gasteiger partial charge in [-0.05, 0) is 40.6 Å². The van der Waals surface area contributed by atoms with E-state index in [0.29, 0.717) is 0 Å². The summed E-state index contributed by atoms with van der Waals surface area (Å²) in [5.41, 5.74) is 0. The number of ether oxygens (including phenoxy) is 1. The van der Waals surface area contributed by atoms with E-state index in [0.717, 1.165) is 5.75 Å². The number of benzene rings is 2. The maximum Gasteiger partial charge on any atom is 0.205 e. The summed E-state index contributed by atoms with van der Waals surface area (Å²) in [7, 11) is -1.82. The van der Waals surface area contributed by atoms with Gasteiger partial charge < -0.3 is 8.85 Å². The summed E-state index contributed by atoms with van der Waals surface area (Å²) in [6.07, 6.45) is 0. The van der Waals surface area contributed by atoms with E-state index in [1.54, 1.807) is 7.11 Å². The van der Waals surface area contributed by atoms with Crippen LogP contribution in [0.4, 0.5) is 0 Å². The average Bonchev–Trinajstić information content (AvgIpc) is 2.53. The van der Waals surface area contributed by atoms with Gasteiger partial charge in [-0.1, -0.05) is 63.2 Å². The van der Waals surface area contributed by atoms with Crippen LogP contribution in [-0.2, 0) is 4.12 Å². The quantitative estimate of drug-likeness (QED) is 0.772. The first-order valence-electron chi connectivity index (χ1n) is 8.11. The first-order chi connectivity index (χ1) is 10.7. The molecule has 0 aliphatic rings. The summed E-state index contributed by atoms with van der Waals surface area (Å²) < 4.78 is 12.2. The van der Waals surface area contributed by atoms with Gasteiger partial charge in [0.15, 0.2) is 0 Å². The zero-order chi connectivity index (χ0) is 17.1. The molecule has 0 aliphatic carbocycles. The number of hydrogen-bond donors (Lipinski definition) is 0. The van der Waals surface area contributed by atoms with E-state index in [-0.39, 0.29) is 5.04 Å². The SMILES string of the molecule is COc1ccc([Si@@H](O[Si](C)(C)c2ccccc2)C(C)(C)C)cc1. The van der Waals surface area contributed by atoms with E-state index in [2.05, 4.69) is 76.3 Å². The van der Waals surface area contributed by atoms with Crippen molar-refractivity contribution in [1.29, 1.82) is 0 Å². The Morgan fingerprint density at radius 1 is 0.870 bits per heavy atom. The molecular weight excluding hydrogens is 316 g/mol. The fraction of sp³-hybridized carbons (Fsp3) is 0.368. The topological polar surface area (TPSA) is 18.5 Å². The van der Waals surface area contributed by atoms with Gasteiger partial charge in [0.2, 0.25) is 17.4 Å². The van der Waals surface area contributed by atoms with Gasteiger partial charge in [-0.25, -0.2) is 0 Å². The Labute approximate surface area is 143 Å². The molecule has 124 valence electrons. The highest BCUT2D eigenvalue weighted by molar-refractivity contribution is 6.91. The highest BCUT2D eigenvalue weighted by Crippen LogP contribution is 2.29. The van der Waals surface area contributed by atoms with Crippen molar-refractivity contribution >= 4 is 27.7 Å². The van der Waals surface area contributed by atoms with Crippen molar-refractivity contribution in [2.45, 2.75) is 38.9 Å². The van der Waals surface area contributed by atoms with Gasteiger partial charge in [-0.2, -0.15) is 0 Å². The number of methoxy groups -OCH3 is 1. The molecular formula is C19H28O2Si2. The molecule has 2 aromatic rings. The zero-order valence-electron chi connectivity index (χ0n) is 15.1. The number of rotatable bonds is 5. The Balaban J connectivity index is 2.32. The van der Waals surface area contributed by atoms with Crippen LogP contribution in [-0.4, -0.2) is 24.5 Å². The second-order valence-corrected chi connectivity index (χ2v) is 15.2. The predicted molar refractivity (Wildman–Crippen MR) is 104 cm³/mol. The van der Waals surface area contributed by atoms with Gasteiger partial charge in [0.05, 0.1) is 7.11 Å². The zero-order valence-corrected chi connectivity index (χ0v) is 17.2. The minimum absolute atomic E-state index is 0.160. The third-order valence-corrected chi connectivity index (χ3v) is 11.7. The standard InChI is InChI=1S/C19H28O2Si2/c1-19(2,3)22(17-14-12-16(20-4)13-15-17)21-23(5,6)18-10-8-7-9-11-18/h7-15,22H,1-6H3/t22-/m1/s1. The molecule has 0 N–H and O–H groups in total. The van der Waals surface area contributed by atoms with Crippen LogP contribution in [0.5, 0.6) is 5.75 Å². The smallest absolute Gasteiger partial charge is 0.205 e. The molecule has 2 rings (SSSR count). The van der Waals surface area contributed by atoms with E-state index in [1.165, 1.54) is 10.4 Å². The van der Waals surface area contributed by atoms with Gasteiger partial charge in [-0.3, -0.25) is 0 Å². The molecule has 0 saturated carbocycles. The lowest BCUT2D eigenvalue weighted by atomic mass is 10.2. The van der Waals surface area contributed by atoms with Crippen LogP contribution in [0.15, 0.2) is 54.6 Å². The Hall–Kier alpha value is -1.37. The lowest BCUT2D eigenvalue weighted by Crippen LogP contribution is -2.55. The molecule has 0 saturated heterocycles. The minimum Gasteiger partial charge on any atom is -0.497 e. The Kier molecular flexibility index (Phi) is 5.50. The fourth-order valence-electron chi connectivity index (χ4n) is 2.73. The normalized spacial score (nSPS) is 13.7. The van der Waals surface area contributed by atoms with Gasteiger partial charge in [0.25, 0.3) is 0 Å². The van der Waals surface area contributed by atoms with E-state index in [9.17, 15) is 0 Å². The van der Waals surface area contributed by atoms with E-state index >= 15 is 0 Å². The molecule has 0 radical (unpaired) electrons. The summed E-state index contributed by atoms with van der Waals surface area (Å²) in [5, 5.41) is 2.86. The van der Waals surface area contributed by atoms with Gasteiger partial charge >= 0.3 is 0 Å². The van der Waals surface area contributed by atoms with Gasteiger partial charge in [0, 0.05) is 0 Å². The van der Waals surface area contributed by atoms with Crippen LogP contribution >= 0.6 is 0 Å². The Morgan fingerprint density at radius 3 is 1.91 bits per heavy atom. The van der Waals surface area contributed by atoms with E-state index in [1.807, 2.05) is 12.1 Å². The van der Waals surface area contributed by atoms with E-state index < -0.39 is 17.4 Å². The lowest BCUT2D eigenvalue weighted by Gasteiger charge is -2.36. The van der Waals surface area contributed by atoms with Crippen LogP contribution in [0.1, 0.15) is 20.8 Å². The van der Waals surface area contributed by atoms with Crippen molar-refractivity contribution in [3.63, 3.8) is 0 Å². The van der Waals surface area contributed by atoms with Crippen LogP contribution < -0.4 is 15.1 Å². The Morgan fingerprint density at radius 2 is 1.43 bits per heavy atom. The van der Waals surface area contributed by atoms with Crippen molar-refractivity contribution in [2.75, 3.05) is 7.11 Å². The molecule has 0 bridgehead atoms. The van der Waals surface area contributed by atoms with Crippen LogP contribution in [0.25, 0.3) is 0 Å². The monoisotopic (exact) mass is 344 g/mol. The molecule has 0 heterocycles. The maximum atomic E-state index is 6.88. The van der Waals surface area contributed by atoms with Crippen molar-refractivity contribution in [2.24, 2.45) is 0 Å². The third-order valence-electron chi connectivity index (χ3n) is 4.09. The second kappa shape index (κ2) is 7.03. The fourth-order valence-corrected chi connectivity index (χ4v) is 10.1. The molecule has 2 aromatic carbocycles. The summed E-state index contributed by atoms with van der Waals surface area (Å²) in [6, 6.07) is 19.1. The minimum atomic E-state index is -1.93. The van der Waals surface area contributed by atoms with Crippen LogP contribution in [0.2, 0.25) is 18.1 Å². The summed E-state index contributed by atoms with van der Waals surface area (Å²) in [6.45, 7) is 11.5. The summed E-state index contributed by atoms with van der Waals surface area (Å²) in [5.74, 6) is 0.898. The molecule has 2 nitrogen and oxygen atoms in total. The summed E-state index contributed by atoms with van der Waals surface area (Å²) in [4.78, 5) is 0. The molecule has 0 amide bonds. The molecule has 4 heteroatoms. The molecule has 0 spiro atoms. The lowest BCUT2D eigenvalue weighted by molar-refractivity contribution is 0.415. The predicted octanol–water partition coefficient (Wildman–Crippen LogP) is 3.56. The number of hydrogen-bond acceptors (Lipinski definition) is 2. The highest BCUT2D eigenvalue weighted by Gasteiger charge is 2.36. The highest BCUT2D eigenvalue weighted by atomic mass is 28.4. The first-order valence-corrected chi connectivity index (χ1v) is 12.6. The maximum absolute atomic E-state index is 6.88. The first kappa shape index (κ1) is 18.0. The van der Waals surface area contributed by atoms with Crippen LogP contribution in [0.3, 0.4) is 0 Å². The second-order valence-electron chi connectivity index (χ2n) is 7.51. The molecule has 0 aromatic heterocycles. The molecule has 23 heavy (non-hydrogen) atoms. The molecule has 1 atom stereocenters. The molecule has 0 aliphatic heterocycles. The molecule has 0 unspecified atom stereocenters. The molecule has 0 fully saturated rings.